The van der Waals surface area contributed by atoms with E-state index in [1.54, 1.807) is 38.1 Å². The van der Waals surface area contributed by atoms with Gasteiger partial charge in [0.15, 0.2) is 0 Å². The number of rotatable bonds is 6. The third-order valence-electron chi connectivity index (χ3n) is 4.57. The second-order valence-electron chi connectivity index (χ2n) is 6.95. The van der Waals surface area contributed by atoms with E-state index in [-0.39, 0.29) is 11.8 Å². The molecule has 2 amide bonds. The number of para-hydroxylation sites is 1. The molecule has 1 heterocycles. The summed E-state index contributed by atoms with van der Waals surface area (Å²) in [5, 5.41) is 7.27. The average molecular weight is 384 g/mol. The second-order valence-corrected chi connectivity index (χ2v) is 7.39. The molecule has 0 saturated heterocycles. The molecule has 6 heteroatoms. The van der Waals surface area contributed by atoms with Gasteiger partial charge in [0.05, 0.1) is 0 Å². The third kappa shape index (κ3) is 4.31. The molecule has 0 bridgehead atoms. The molecule has 27 heavy (non-hydrogen) atoms. The number of halogens is 1. The van der Waals surface area contributed by atoms with Crippen LogP contribution in [-0.4, -0.2) is 23.3 Å². The quantitative estimate of drug-likeness (QED) is 0.559. The highest BCUT2D eigenvalue weighted by Gasteiger charge is 2.35. The SMILES string of the molecule is CC(C)(C(=O)NCCc1c[nH]c2ccccc12)C(=O)Nc1cccc(Cl)c1. The van der Waals surface area contributed by atoms with Gasteiger partial charge in [0.25, 0.3) is 0 Å². The van der Waals surface area contributed by atoms with Gasteiger partial charge in [-0.3, -0.25) is 9.59 Å². The van der Waals surface area contributed by atoms with Crippen molar-refractivity contribution in [2.75, 3.05) is 11.9 Å². The number of nitrogens with one attached hydrogen (secondary N) is 3. The molecule has 0 fully saturated rings. The second kappa shape index (κ2) is 7.84. The topological polar surface area (TPSA) is 74.0 Å². The van der Waals surface area contributed by atoms with Crippen molar-refractivity contribution in [3.63, 3.8) is 0 Å². The Bertz CT molecular complexity index is 978. The van der Waals surface area contributed by atoms with Crippen LogP contribution in [0.3, 0.4) is 0 Å². The molecule has 0 unspecified atom stereocenters. The van der Waals surface area contributed by atoms with Crippen molar-refractivity contribution in [3.8, 4) is 0 Å². The first-order valence-electron chi connectivity index (χ1n) is 8.78. The predicted octanol–water partition coefficient (Wildman–Crippen LogP) is 4.14. The van der Waals surface area contributed by atoms with Crippen molar-refractivity contribution in [1.82, 2.24) is 10.3 Å². The number of anilines is 1. The molecule has 0 aliphatic rings. The van der Waals surface area contributed by atoms with Crippen LogP contribution in [0, 0.1) is 5.41 Å². The zero-order valence-electron chi connectivity index (χ0n) is 15.3. The Morgan fingerprint density at radius 1 is 1.07 bits per heavy atom. The largest absolute Gasteiger partial charge is 0.361 e. The summed E-state index contributed by atoms with van der Waals surface area (Å²) in [6, 6.07) is 14.9. The minimum atomic E-state index is -1.21. The van der Waals surface area contributed by atoms with E-state index in [0.717, 1.165) is 16.5 Å². The van der Waals surface area contributed by atoms with Crippen LogP contribution < -0.4 is 10.6 Å². The van der Waals surface area contributed by atoms with Gasteiger partial charge in [0.2, 0.25) is 11.8 Å². The number of amides is 2. The third-order valence-corrected chi connectivity index (χ3v) is 4.81. The van der Waals surface area contributed by atoms with Gasteiger partial charge in [-0.1, -0.05) is 35.9 Å². The van der Waals surface area contributed by atoms with E-state index in [0.29, 0.717) is 23.7 Å². The lowest BCUT2D eigenvalue weighted by Gasteiger charge is -2.22. The molecular weight excluding hydrogens is 362 g/mol. The maximum absolute atomic E-state index is 12.5. The Balaban J connectivity index is 1.58. The summed E-state index contributed by atoms with van der Waals surface area (Å²) in [4.78, 5) is 28.3. The van der Waals surface area contributed by atoms with Crippen molar-refractivity contribution in [1.29, 1.82) is 0 Å². The number of carbonyl (C=O) groups is 2. The Kier molecular flexibility index (Phi) is 5.51. The van der Waals surface area contributed by atoms with Crippen LogP contribution in [0.5, 0.6) is 0 Å². The molecular formula is C21H22ClN3O2. The molecule has 2 aromatic carbocycles. The Morgan fingerprint density at radius 2 is 1.85 bits per heavy atom. The number of fused-ring (bicyclic) bond motifs is 1. The lowest BCUT2D eigenvalue weighted by Crippen LogP contribution is -2.45. The van der Waals surface area contributed by atoms with E-state index in [9.17, 15) is 9.59 Å². The van der Waals surface area contributed by atoms with Gasteiger partial charge in [-0.25, -0.2) is 0 Å². The van der Waals surface area contributed by atoms with E-state index < -0.39 is 5.41 Å². The predicted molar refractivity (Wildman–Crippen MR) is 109 cm³/mol. The van der Waals surface area contributed by atoms with Gasteiger partial charge < -0.3 is 15.6 Å². The zero-order valence-corrected chi connectivity index (χ0v) is 16.1. The van der Waals surface area contributed by atoms with E-state index in [1.165, 1.54) is 0 Å². The maximum Gasteiger partial charge on any atom is 0.239 e. The first-order valence-corrected chi connectivity index (χ1v) is 9.16. The van der Waals surface area contributed by atoms with Crippen molar-refractivity contribution in [3.05, 3.63) is 65.3 Å². The minimum absolute atomic E-state index is 0.318. The van der Waals surface area contributed by atoms with Crippen LogP contribution >= 0.6 is 11.6 Å². The van der Waals surface area contributed by atoms with E-state index in [2.05, 4.69) is 15.6 Å². The average Bonchev–Trinajstić information content (AvgIpc) is 3.05. The van der Waals surface area contributed by atoms with Crippen LogP contribution in [0.2, 0.25) is 5.02 Å². The van der Waals surface area contributed by atoms with Crippen LogP contribution in [0.4, 0.5) is 5.69 Å². The van der Waals surface area contributed by atoms with E-state index in [1.807, 2.05) is 30.5 Å². The molecule has 1 aromatic heterocycles. The van der Waals surface area contributed by atoms with Gasteiger partial charge in [-0.2, -0.15) is 0 Å². The van der Waals surface area contributed by atoms with Crippen LogP contribution in [0.1, 0.15) is 19.4 Å². The van der Waals surface area contributed by atoms with Crippen molar-refractivity contribution < 1.29 is 9.59 Å². The summed E-state index contributed by atoms with van der Waals surface area (Å²) in [5.41, 5.74) is 1.56. The van der Waals surface area contributed by atoms with Gasteiger partial charge in [0, 0.05) is 34.4 Å². The summed E-state index contributed by atoms with van der Waals surface area (Å²) in [6.07, 6.45) is 2.63. The smallest absolute Gasteiger partial charge is 0.239 e. The van der Waals surface area contributed by atoms with Gasteiger partial charge in [-0.05, 0) is 50.1 Å². The summed E-state index contributed by atoms with van der Waals surface area (Å²) in [7, 11) is 0. The van der Waals surface area contributed by atoms with E-state index in [4.69, 9.17) is 11.6 Å². The lowest BCUT2D eigenvalue weighted by molar-refractivity contribution is -0.138. The normalized spacial score (nSPS) is 11.4. The molecule has 3 rings (SSSR count). The zero-order chi connectivity index (χ0) is 19.4. The highest BCUT2D eigenvalue weighted by atomic mass is 35.5. The summed E-state index contributed by atoms with van der Waals surface area (Å²) < 4.78 is 0. The Morgan fingerprint density at radius 3 is 2.63 bits per heavy atom. The number of hydrogen-bond donors (Lipinski definition) is 3. The summed E-state index contributed by atoms with van der Waals surface area (Å²) in [6.45, 7) is 3.66. The number of carbonyl (C=O) groups excluding carboxylic acids is 2. The standard InChI is InChI=1S/C21H22ClN3O2/c1-21(2,20(27)25-16-7-5-6-15(22)12-16)19(26)23-11-10-14-13-24-18-9-4-3-8-17(14)18/h3-9,12-13,24H,10-11H2,1-2H3,(H,23,26)(H,25,27). The first-order chi connectivity index (χ1) is 12.9. The molecule has 0 radical (unpaired) electrons. The molecule has 0 saturated carbocycles. The molecule has 3 aromatic rings. The summed E-state index contributed by atoms with van der Waals surface area (Å²) >= 11 is 5.93. The lowest BCUT2D eigenvalue weighted by atomic mass is 9.91. The number of aromatic nitrogens is 1. The van der Waals surface area contributed by atoms with Crippen molar-refractivity contribution in [2.45, 2.75) is 20.3 Å². The van der Waals surface area contributed by atoms with Crippen LogP contribution in [0.15, 0.2) is 54.7 Å². The van der Waals surface area contributed by atoms with Crippen molar-refractivity contribution in [2.24, 2.45) is 5.41 Å². The Labute approximate surface area is 163 Å². The maximum atomic E-state index is 12.5. The van der Waals surface area contributed by atoms with Gasteiger partial charge in [-0.15, -0.1) is 0 Å². The van der Waals surface area contributed by atoms with E-state index >= 15 is 0 Å². The molecule has 3 N–H and O–H groups in total. The van der Waals surface area contributed by atoms with Crippen LogP contribution in [-0.2, 0) is 16.0 Å². The fraction of sp³-hybridized carbons (Fsp3) is 0.238. The molecule has 0 atom stereocenters. The number of aromatic amines is 1. The van der Waals surface area contributed by atoms with Crippen molar-refractivity contribution >= 4 is 40.0 Å². The fourth-order valence-corrected chi connectivity index (χ4v) is 3.02. The first kappa shape index (κ1) is 19.0. The fourth-order valence-electron chi connectivity index (χ4n) is 2.83. The molecule has 0 aliphatic carbocycles. The highest BCUT2D eigenvalue weighted by Crippen LogP contribution is 2.22. The number of hydrogen-bond acceptors (Lipinski definition) is 2. The van der Waals surface area contributed by atoms with Gasteiger partial charge in [0.1, 0.15) is 5.41 Å². The monoisotopic (exact) mass is 383 g/mol. The highest BCUT2D eigenvalue weighted by molar-refractivity contribution is 6.31. The number of benzene rings is 2. The molecule has 0 spiro atoms. The van der Waals surface area contributed by atoms with Gasteiger partial charge >= 0.3 is 0 Å². The summed E-state index contributed by atoms with van der Waals surface area (Å²) in [5.74, 6) is -0.698. The minimum Gasteiger partial charge on any atom is -0.361 e. The number of H-pyrrole nitrogens is 1. The molecule has 5 nitrogen and oxygen atoms in total. The Hall–Kier alpha value is -2.79. The molecule has 0 aliphatic heterocycles. The van der Waals surface area contributed by atoms with Crippen LogP contribution in [0.25, 0.3) is 10.9 Å². The molecule has 140 valence electrons.